The molecule has 4 N–H and O–H groups in total. The van der Waals surface area contributed by atoms with Crippen LogP contribution < -0.4 is 32.7 Å². The van der Waals surface area contributed by atoms with E-state index in [1.54, 1.807) is 24.9 Å². The Morgan fingerprint density at radius 3 is 2.59 bits per heavy atom. The van der Waals surface area contributed by atoms with E-state index in [2.05, 4.69) is 47.5 Å². The Bertz CT molecular complexity index is 1620. The molecular weight excluding hydrogens is 658 g/mol. The number of nitrogens with zero attached hydrogens (tertiary/aromatic N) is 8. The van der Waals surface area contributed by atoms with Gasteiger partial charge in [0.05, 0.1) is 0 Å². The van der Waals surface area contributed by atoms with E-state index in [-0.39, 0.29) is 0 Å². The number of halogens is 2. The summed E-state index contributed by atoms with van der Waals surface area (Å²) in [5.74, 6) is 0.619. The van der Waals surface area contributed by atoms with Crippen molar-refractivity contribution in [3.8, 4) is 22.8 Å². The summed E-state index contributed by atoms with van der Waals surface area (Å²) in [6, 6.07) is 7.63. The van der Waals surface area contributed by atoms with E-state index in [0.29, 0.717) is 17.2 Å². The van der Waals surface area contributed by atoms with Crippen LogP contribution in [0.3, 0.4) is 0 Å². The molecule has 168 valence electrons. The topological polar surface area (TPSA) is 138 Å². The van der Waals surface area contributed by atoms with Crippen molar-refractivity contribution in [1.82, 2.24) is 38.7 Å². The predicted molar refractivity (Wildman–Crippen MR) is 131 cm³/mol. The van der Waals surface area contributed by atoms with Gasteiger partial charge < -0.3 is 0 Å². The fraction of sp³-hybridized carbons (Fsp3) is 0. The molecule has 0 bridgehead atoms. The van der Waals surface area contributed by atoms with Crippen molar-refractivity contribution >= 4 is 45.4 Å². The number of anilines is 2. The normalized spacial score (nSPS) is 11.6. The van der Waals surface area contributed by atoms with Gasteiger partial charge in [0.25, 0.3) is 0 Å². The Labute approximate surface area is 216 Å². The van der Waals surface area contributed by atoms with Gasteiger partial charge in [0.2, 0.25) is 0 Å². The molecular formula is C22H15I2N10-. The number of pyridine rings is 2. The van der Waals surface area contributed by atoms with Gasteiger partial charge in [0.1, 0.15) is 0 Å². The Morgan fingerprint density at radius 1 is 0.882 bits per heavy atom. The molecule has 0 saturated heterocycles. The average molecular weight is 673 g/mol. The molecule has 0 unspecified atom stereocenters. The first-order valence-electron chi connectivity index (χ1n) is 10.0. The maximum absolute atomic E-state index is 6.44. The third-order valence-electron chi connectivity index (χ3n) is 5.06. The molecule has 0 spiro atoms. The van der Waals surface area contributed by atoms with Crippen molar-refractivity contribution < 1.29 is 21.2 Å². The standard InChI is InChI=1S/C22H15I2N10/c23-12-6-16(18-9-33-5-1-3-28-22(33)32-18)31-21(20(12)26)24-13-7-15(29-8-14(13)25)17-10-34-11-27-4-2-19(34)30-17/h1-11H,25-26H2/q-1. The minimum absolute atomic E-state index is 0.612. The fourth-order valence-corrected chi connectivity index (χ4v) is 6.86. The van der Waals surface area contributed by atoms with Gasteiger partial charge in [0, 0.05) is 0 Å². The number of rotatable bonds is 4. The Balaban J connectivity index is 1.39. The summed E-state index contributed by atoms with van der Waals surface area (Å²) in [6.45, 7) is 0. The van der Waals surface area contributed by atoms with Gasteiger partial charge in [0.15, 0.2) is 0 Å². The first kappa shape index (κ1) is 21.2. The first-order valence-corrected chi connectivity index (χ1v) is 13.2. The number of aromatic nitrogens is 8. The molecule has 6 heterocycles. The number of nitrogen functional groups attached to an aromatic ring is 2. The second-order valence-electron chi connectivity index (χ2n) is 7.30. The third kappa shape index (κ3) is 3.81. The van der Waals surface area contributed by atoms with E-state index >= 15 is 0 Å². The fourth-order valence-electron chi connectivity index (χ4n) is 3.38. The van der Waals surface area contributed by atoms with Crippen LogP contribution in [0.25, 0.3) is 34.2 Å². The zero-order valence-corrected chi connectivity index (χ0v) is 21.7. The van der Waals surface area contributed by atoms with Gasteiger partial charge in [-0.3, -0.25) is 0 Å². The van der Waals surface area contributed by atoms with Gasteiger partial charge in [-0.2, -0.15) is 0 Å². The van der Waals surface area contributed by atoms with Gasteiger partial charge >= 0.3 is 218 Å². The number of hydrogen-bond acceptors (Lipinski definition) is 8. The van der Waals surface area contributed by atoms with Gasteiger partial charge in [-0.15, -0.1) is 0 Å². The van der Waals surface area contributed by atoms with Crippen molar-refractivity contribution in [1.29, 1.82) is 0 Å². The van der Waals surface area contributed by atoms with Crippen molar-refractivity contribution in [3.05, 3.63) is 78.6 Å². The average Bonchev–Trinajstić information content (AvgIpc) is 3.47. The molecule has 0 saturated carbocycles. The summed E-state index contributed by atoms with van der Waals surface area (Å²) in [4.78, 5) is 27.0. The van der Waals surface area contributed by atoms with Crippen LogP contribution in [0, 0.1) is 10.8 Å². The van der Waals surface area contributed by atoms with E-state index in [1.807, 2.05) is 51.7 Å². The van der Waals surface area contributed by atoms with Crippen LogP contribution in [-0.2, 0) is 0 Å². The Morgan fingerprint density at radius 2 is 1.74 bits per heavy atom. The third-order valence-corrected chi connectivity index (χ3v) is 8.80. The molecule has 34 heavy (non-hydrogen) atoms. The summed E-state index contributed by atoms with van der Waals surface area (Å²) < 4.78 is 6.45. The maximum atomic E-state index is 6.44. The summed E-state index contributed by atoms with van der Waals surface area (Å²) in [5, 5.41) is 0. The first-order chi connectivity index (χ1) is 16.5. The quantitative estimate of drug-likeness (QED) is 0.194. The second-order valence-corrected chi connectivity index (χ2v) is 11.2. The monoisotopic (exact) mass is 673 g/mol. The SMILES string of the molecule is Nc1cnc(-c2cn3cnccc3n2)cc1[I-]c1nc(-c2cn3cccnc3n2)cc(I)c1N. The van der Waals surface area contributed by atoms with Crippen LogP contribution in [0.1, 0.15) is 0 Å². The molecule has 0 aliphatic carbocycles. The Hall–Kier alpha value is -3.40. The summed E-state index contributed by atoms with van der Waals surface area (Å²) in [6.07, 6.45) is 12.5. The van der Waals surface area contributed by atoms with Crippen LogP contribution in [0.15, 0.2) is 67.8 Å². The van der Waals surface area contributed by atoms with Gasteiger partial charge in [-0.1, -0.05) is 0 Å². The molecule has 0 aromatic carbocycles. The number of hydrogen-bond donors (Lipinski definition) is 2. The second kappa shape index (κ2) is 8.43. The number of fused-ring (bicyclic) bond motifs is 2. The molecule has 0 fully saturated rings. The minimum atomic E-state index is -0.801. The van der Waals surface area contributed by atoms with E-state index in [4.69, 9.17) is 16.5 Å². The molecule has 0 radical (unpaired) electrons. The predicted octanol–water partition coefficient (Wildman–Crippen LogP) is -0.207. The molecule has 6 rings (SSSR count). The van der Waals surface area contributed by atoms with Crippen LogP contribution >= 0.6 is 22.6 Å². The molecule has 10 nitrogen and oxygen atoms in total. The molecule has 6 aromatic heterocycles. The van der Waals surface area contributed by atoms with Crippen molar-refractivity contribution in [3.63, 3.8) is 0 Å². The summed E-state index contributed by atoms with van der Waals surface area (Å²) in [7, 11) is 0. The van der Waals surface area contributed by atoms with Crippen LogP contribution in [-0.4, -0.2) is 38.7 Å². The van der Waals surface area contributed by atoms with Crippen molar-refractivity contribution in [2.24, 2.45) is 0 Å². The summed E-state index contributed by atoms with van der Waals surface area (Å²) >= 11 is 1.44. The molecule has 12 heteroatoms. The van der Waals surface area contributed by atoms with Crippen LogP contribution in [0.5, 0.6) is 0 Å². The van der Waals surface area contributed by atoms with Gasteiger partial charge in [-0.05, 0) is 0 Å². The van der Waals surface area contributed by atoms with Gasteiger partial charge in [-0.25, -0.2) is 0 Å². The molecule has 0 amide bonds. The Kier molecular flexibility index (Phi) is 5.24. The zero-order chi connectivity index (χ0) is 23.2. The van der Waals surface area contributed by atoms with Crippen molar-refractivity contribution in [2.45, 2.75) is 0 Å². The van der Waals surface area contributed by atoms with E-state index in [1.165, 1.54) is 0 Å². The van der Waals surface area contributed by atoms with E-state index < -0.39 is 21.2 Å². The number of nitrogens with two attached hydrogens (primary N) is 2. The molecule has 0 aliphatic heterocycles. The summed E-state index contributed by atoms with van der Waals surface area (Å²) in [5.41, 5.74) is 17.8. The van der Waals surface area contributed by atoms with E-state index in [0.717, 1.165) is 39.3 Å². The number of imidazole rings is 2. The molecule has 0 aliphatic rings. The molecule has 0 atom stereocenters. The van der Waals surface area contributed by atoms with E-state index in [9.17, 15) is 0 Å². The van der Waals surface area contributed by atoms with Crippen LogP contribution in [0.4, 0.5) is 11.4 Å². The zero-order valence-electron chi connectivity index (χ0n) is 17.3. The van der Waals surface area contributed by atoms with Crippen LogP contribution in [0.2, 0.25) is 0 Å². The molecule has 6 aromatic rings. The van der Waals surface area contributed by atoms with Crippen molar-refractivity contribution in [2.75, 3.05) is 11.5 Å².